The minimum absolute atomic E-state index is 0.676. The van der Waals surface area contributed by atoms with Gasteiger partial charge in [0.25, 0.3) is 0 Å². The fourth-order valence-corrected chi connectivity index (χ4v) is 1.20. The molecule has 0 atom stereocenters. The molecule has 68 valence electrons. The molecule has 0 aliphatic carbocycles. The van der Waals surface area contributed by atoms with Crippen LogP contribution in [0, 0.1) is 0 Å². The molecule has 0 aliphatic heterocycles. The van der Waals surface area contributed by atoms with Gasteiger partial charge in [-0.3, -0.25) is 0 Å². The first-order valence-electron chi connectivity index (χ1n) is 3.92. The smallest absolute Gasteiger partial charge is 0.176 e. The van der Waals surface area contributed by atoms with E-state index in [1.165, 1.54) is 0 Å². The molecular formula is C7H10N6. The maximum absolute atomic E-state index is 4.14. The van der Waals surface area contributed by atoms with Gasteiger partial charge in [-0.15, -0.1) is 10.2 Å². The molecule has 6 nitrogen and oxygen atoms in total. The van der Waals surface area contributed by atoms with Crippen molar-refractivity contribution < 1.29 is 0 Å². The van der Waals surface area contributed by atoms with Gasteiger partial charge in [-0.1, -0.05) is 0 Å². The summed E-state index contributed by atoms with van der Waals surface area (Å²) in [4.78, 5) is 7.14. The summed E-state index contributed by atoms with van der Waals surface area (Å²) < 4.78 is 0. The minimum Gasteiger partial charge on any atom is -0.370 e. The number of anilines is 2. The Morgan fingerprint density at radius 3 is 2.54 bits per heavy atom. The molecule has 0 unspecified atom stereocenters. The first-order valence-corrected chi connectivity index (χ1v) is 3.92. The summed E-state index contributed by atoms with van der Waals surface area (Å²) in [5.74, 6) is 1.38. The van der Waals surface area contributed by atoms with E-state index in [0.717, 1.165) is 11.0 Å². The Balaban J connectivity index is 2.74. The summed E-state index contributed by atoms with van der Waals surface area (Å²) in [6.45, 7) is 0. The van der Waals surface area contributed by atoms with Crippen molar-refractivity contribution in [3.63, 3.8) is 0 Å². The fraction of sp³-hybridized carbons (Fsp3) is 0.286. The van der Waals surface area contributed by atoms with Crippen LogP contribution in [0.25, 0.3) is 11.0 Å². The summed E-state index contributed by atoms with van der Waals surface area (Å²) in [7, 11) is 3.58. The predicted octanol–water partition coefficient (Wildman–Crippen LogP) is 0.436. The van der Waals surface area contributed by atoms with E-state index in [1.807, 2.05) is 0 Å². The fourth-order valence-electron chi connectivity index (χ4n) is 1.20. The molecule has 0 amide bonds. The molecule has 13 heavy (non-hydrogen) atoms. The van der Waals surface area contributed by atoms with E-state index < -0.39 is 0 Å². The van der Waals surface area contributed by atoms with Gasteiger partial charge in [0.15, 0.2) is 11.6 Å². The topological polar surface area (TPSA) is 78.5 Å². The molecule has 2 aromatic heterocycles. The molecule has 0 saturated carbocycles. The zero-order chi connectivity index (χ0) is 9.26. The lowest BCUT2D eigenvalue weighted by molar-refractivity contribution is 1.04. The van der Waals surface area contributed by atoms with Gasteiger partial charge in [0.05, 0.1) is 6.33 Å². The zero-order valence-electron chi connectivity index (χ0n) is 7.42. The maximum Gasteiger partial charge on any atom is 0.176 e. The number of fused-ring (bicyclic) bond motifs is 1. The van der Waals surface area contributed by atoms with E-state index in [4.69, 9.17) is 0 Å². The van der Waals surface area contributed by atoms with Gasteiger partial charge in [0.2, 0.25) is 0 Å². The van der Waals surface area contributed by atoms with Gasteiger partial charge in [-0.05, 0) is 0 Å². The Labute approximate surface area is 74.8 Å². The van der Waals surface area contributed by atoms with Crippen LogP contribution >= 0.6 is 0 Å². The second kappa shape index (κ2) is 2.89. The Kier molecular flexibility index (Phi) is 1.73. The lowest BCUT2D eigenvalue weighted by Gasteiger charge is -2.02. The number of hydrogen-bond acceptors (Lipinski definition) is 5. The summed E-state index contributed by atoms with van der Waals surface area (Å²) >= 11 is 0. The van der Waals surface area contributed by atoms with E-state index in [2.05, 4.69) is 30.8 Å². The number of nitrogens with one attached hydrogen (secondary N) is 3. The Hall–Kier alpha value is -1.85. The predicted molar refractivity (Wildman–Crippen MR) is 50.8 cm³/mol. The Bertz CT molecular complexity index is 382. The quantitative estimate of drug-likeness (QED) is 0.621. The van der Waals surface area contributed by atoms with Crippen LogP contribution in [0.1, 0.15) is 0 Å². The van der Waals surface area contributed by atoms with Crippen molar-refractivity contribution in [2.24, 2.45) is 0 Å². The van der Waals surface area contributed by atoms with Crippen molar-refractivity contribution in [1.29, 1.82) is 0 Å². The molecule has 0 aromatic carbocycles. The van der Waals surface area contributed by atoms with Crippen molar-refractivity contribution >= 4 is 22.7 Å². The zero-order valence-corrected chi connectivity index (χ0v) is 7.42. The third-order valence-electron chi connectivity index (χ3n) is 1.82. The molecule has 0 bridgehead atoms. The van der Waals surface area contributed by atoms with Crippen LogP contribution in [0.4, 0.5) is 11.6 Å². The molecule has 2 aromatic rings. The highest BCUT2D eigenvalue weighted by Gasteiger charge is 2.08. The van der Waals surface area contributed by atoms with E-state index >= 15 is 0 Å². The molecule has 3 N–H and O–H groups in total. The van der Waals surface area contributed by atoms with E-state index in [9.17, 15) is 0 Å². The number of H-pyrrole nitrogens is 1. The van der Waals surface area contributed by atoms with Crippen LogP contribution in [0.2, 0.25) is 0 Å². The third kappa shape index (κ3) is 1.07. The number of hydrogen-bond donors (Lipinski definition) is 3. The second-order valence-corrected chi connectivity index (χ2v) is 2.52. The largest absolute Gasteiger partial charge is 0.370 e. The van der Waals surface area contributed by atoms with Crippen molar-refractivity contribution in [3.8, 4) is 0 Å². The molecule has 0 aliphatic rings. The van der Waals surface area contributed by atoms with E-state index in [1.54, 1.807) is 20.4 Å². The third-order valence-corrected chi connectivity index (χ3v) is 1.82. The standard InChI is InChI=1S/C7H10N6/c1-8-6-4-5(11-3-10-4)7(9-2)13-12-6/h3H,1-2H3,(H,8,12)(H,9,13)(H,10,11). The van der Waals surface area contributed by atoms with Crippen molar-refractivity contribution in [1.82, 2.24) is 20.2 Å². The van der Waals surface area contributed by atoms with Crippen LogP contribution in [0.15, 0.2) is 6.33 Å². The van der Waals surface area contributed by atoms with Crippen molar-refractivity contribution in [3.05, 3.63) is 6.33 Å². The Morgan fingerprint density at radius 1 is 1.15 bits per heavy atom. The van der Waals surface area contributed by atoms with Gasteiger partial charge in [0.1, 0.15) is 11.0 Å². The number of aromatic nitrogens is 4. The van der Waals surface area contributed by atoms with Gasteiger partial charge < -0.3 is 15.6 Å². The number of aromatic amines is 1. The first kappa shape index (κ1) is 7.78. The average molecular weight is 178 g/mol. The summed E-state index contributed by atoms with van der Waals surface area (Å²) in [6, 6.07) is 0. The molecule has 2 heterocycles. The Morgan fingerprint density at radius 2 is 1.85 bits per heavy atom. The summed E-state index contributed by atoms with van der Waals surface area (Å²) in [6.07, 6.45) is 1.62. The number of imidazole rings is 1. The minimum atomic E-state index is 0.676. The van der Waals surface area contributed by atoms with E-state index in [-0.39, 0.29) is 0 Å². The van der Waals surface area contributed by atoms with Crippen LogP contribution in [-0.2, 0) is 0 Å². The highest BCUT2D eigenvalue weighted by molar-refractivity contribution is 5.92. The summed E-state index contributed by atoms with van der Waals surface area (Å²) in [5.41, 5.74) is 1.66. The van der Waals surface area contributed by atoms with Crippen LogP contribution in [-0.4, -0.2) is 34.3 Å². The van der Waals surface area contributed by atoms with Gasteiger partial charge in [-0.2, -0.15) is 0 Å². The molecule has 0 spiro atoms. The van der Waals surface area contributed by atoms with E-state index in [0.29, 0.717) is 11.6 Å². The lowest BCUT2D eigenvalue weighted by Crippen LogP contribution is -2.00. The molecule has 0 saturated heterocycles. The van der Waals surface area contributed by atoms with Crippen molar-refractivity contribution in [2.45, 2.75) is 0 Å². The highest BCUT2D eigenvalue weighted by atomic mass is 15.2. The molecular weight excluding hydrogens is 168 g/mol. The molecule has 2 rings (SSSR count). The summed E-state index contributed by atoms with van der Waals surface area (Å²) in [5, 5.41) is 13.8. The average Bonchev–Trinajstić information content (AvgIpc) is 2.64. The first-order chi connectivity index (χ1) is 6.36. The van der Waals surface area contributed by atoms with Crippen LogP contribution < -0.4 is 10.6 Å². The van der Waals surface area contributed by atoms with Crippen LogP contribution in [0.5, 0.6) is 0 Å². The van der Waals surface area contributed by atoms with Gasteiger partial charge in [-0.25, -0.2) is 4.98 Å². The molecule has 0 fully saturated rings. The second-order valence-electron chi connectivity index (χ2n) is 2.52. The highest BCUT2D eigenvalue weighted by Crippen LogP contribution is 2.21. The SMILES string of the molecule is CNc1nnc(NC)c2[nH]cnc12. The normalized spacial score (nSPS) is 10.3. The van der Waals surface area contributed by atoms with Gasteiger partial charge in [0, 0.05) is 14.1 Å². The number of rotatable bonds is 2. The lowest BCUT2D eigenvalue weighted by atomic mass is 10.4. The van der Waals surface area contributed by atoms with Crippen LogP contribution in [0.3, 0.4) is 0 Å². The van der Waals surface area contributed by atoms with Crippen molar-refractivity contribution in [2.75, 3.05) is 24.7 Å². The molecule has 6 heteroatoms. The monoisotopic (exact) mass is 178 g/mol. The number of nitrogens with zero attached hydrogens (tertiary/aromatic N) is 3. The maximum atomic E-state index is 4.14. The van der Waals surface area contributed by atoms with Gasteiger partial charge >= 0.3 is 0 Å². The molecule has 0 radical (unpaired) electrons.